The first-order valence-corrected chi connectivity index (χ1v) is 9.60. The Bertz CT molecular complexity index is 601. The molecule has 0 bridgehead atoms. The highest BCUT2D eigenvalue weighted by molar-refractivity contribution is 7.99. The van der Waals surface area contributed by atoms with Gasteiger partial charge in [0.05, 0.1) is 6.42 Å². The number of rotatable bonds is 9. The number of allylic oxidation sites excluding steroid dienone is 1. The molecule has 0 radical (unpaired) electrons. The average Bonchev–Trinajstić information content (AvgIpc) is 2.62. The summed E-state index contributed by atoms with van der Waals surface area (Å²) in [6.07, 6.45) is 8.08. The van der Waals surface area contributed by atoms with E-state index < -0.39 is 5.97 Å². The molecule has 0 aliphatic heterocycles. The van der Waals surface area contributed by atoms with Crippen molar-refractivity contribution in [1.29, 1.82) is 0 Å². The van der Waals surface area contributed by atoms with Crippen LogP contribution in [0.2, 0.25) is 0 Å². The van der Waals surface area contributed by atoms with E-state index in [1.165, 1.54) is 42.3 Å². The van der Waals surface area contributed by atoms with Gasteiger partial charge in [0.15, 0.2) is 6.61 Å². The summed E-state index contributed by atoms with van der Waals surface area (Å²) in [5.41, 5.74) is 1.40. The van der Waals surface area contributed by atoms with Gasteiger partial charge in [-0.3, -0.25) is 9.59 Å². The Morgan fingerprint density at radius 3 is 2.72 bits per heavy atom. The molecular formula is C19H24FNO3S. The third-order valence-corrected chi connectivity index (χ3v) is 4.92. The minimum absolute atomic E-state index is 0.211. The molecule has 0 spiro atoms. The fraction of sp³-hybridized carbons (Fsp3) is 0.474. The van der Waals surface area contributed by atoms with Crippen LogP contribution in [0.3, 0.4) is 0 Å². The van der Waals surface area contributed by atoms with Crippen LogP contribution in [-0.2, 0) is 14.3 Å². The summed E-state index contributed by atoms with van der Waals surface area (Å²) in [5, 5.41) is 2.77. The summed E-state index contributed by atoms with van der Waals surface area (Å²) in [4.78, 5) is 24.2. The zero-order valence-electron chi connectivity index (χ0n) is 14.3. The van der Waals surface area contributed by atoms with E-state index in [1.807, 2.05) is 0 Å². The van der Waals surface area contributed by atoms with Crippen molar-refractivity contribution in [3.05, 3.63) is 41.7 Å². The average molecular weight is 365 g/mol. The maximum absolute atomic E-state index is 12.8. The van der Waals surface area contributed by atoms with Gasteiger partial charge < -0.3 is 10.1 Å². The first-order valence-electron chi connectivity index (χ1n) is 8.62. The van der Waals surface area contributed by atoms with Crippen molar-refractivity contribution in [1.82, 2.24) is 5.32 Å². The third-order valence-electron chi connectivity index (χ3n) is 3.91. The predicted molar refractivity (Wildman–Crippen MR) is 96.9 cm³/mol. The van der Waals surface area contributed by atoms with Gasteiger partial charge in [0.2, 0.25) is 0 Å². The molecule has 136 valence electrons. The highest BCUT2D eigenvalue weighted by atomic mass is 32.2. The molecule has 4 nitrogen and oxygen atoms in total. The molecule has 0 aromatic heterocycles. The fourth-order valence-corrected chi connectivity index (χ4v) is 3.38. The van der Waals surface area contributed by atoms with E-state index >= 15 is 0 Å². The van der Waals surface area contributed by atoms with Crippen LogP contribution in [-0.4, -0.2) is 30.8 Å². The zero-order chi connectivity index (χ0) is 17.9. The van der Waals surface area contributed by atoms with Crippen molar-refractivity contribution >= 4 is 23.6 Å². The lowest BCUT2D eigenvalue weighted by molar-refractivity contribution is -0.148. The number of esters is 1. The number of thioether (sulfide) groups is 1. The molecule has 0 saturated heterocycles. The molecule has 1 aromatic carbocycles. The Morgan fingerprint density at radius 1 is 1.20 bits per heavy atom. The van der Waals surface area contributed by atoms with E-state index in [2.05, 4.69) is 11.4 Å². The molecule has 6 heteroatoms. The number of halogens is 1. The van der Waals surface area contributed by atoms with E-state index in [9.17, 15) is 14.0 Å². The summed E-state index contributed by atoms with van der Waals surface area (Å²) in [5.74, 6) is -0.425. The van der Waals surface area contributed by atoms with Crippen LogP contribution < -0.4 is 5.32 Å². The van der Waals surface area contributed by atoms with Gasteiger partial charge in [-0.2, -0.15) is 0 Å². The van der Waals surface area contributed by atoms with Gasteiger partial charge in [0.1, 0.15) is 5.82 Å². The fourth-order valence-electron chi connectivity index (χ4n) is 2.55. The van der Waals surface area contributed by atoms with E-state index in [-0.39, 0.29) is 24.8 Å². The van der Waals surface area contributed by atoms with E-state index in [0.29, 0.717) is 12.3 Å². The van der Waals surface area contributed by atoms with E-state index in [0.717, 1.165) is 24.2 Å². The smallest absolute Gasteiger partial charge is 0.307 e. The van der Waals surface area contributed by atoms with Crippen LogP contribution in [0.25, 0.3) is 0 Å². The van der Waals surface area contributed by atoms with Gasteiger partial charge in [-0.25, -0.2) is 4.39 Å². The van der Waals surface area contributed by atoms with Crippen molar-refractivity contribution in [2.24, 2.45) is 0 Å². The standard InChI is InChI=1S/C19H24FNO3S/c20-16-6-8-17(9-7-16)25-13-11-19(23)24-14-18(22)21-12-10-15-4-2-1-3-5-15/h4,6-9H,1-3,5,10-14H2,(H,21,22). The highest BCUT2D eigenvalue weighted by Gasteiger charge is 2.09. The van der Waals surface area contributed by atoms with Crippen LogP contribution in [0.15, 0.2) is 40.8 Å². The molecule has 0 unspecified atom stereocenters. The van der Waals surface area contributed by atoms with Gasteiger partial charge >= 0.3 is 5.97 Å². The topological polar surface area (TPSA) is 55.4 Å². The summed E-state index contributed by atoms with van der Waals surface area (Å²) in [6, 6.07) is 6.10. The second-order valence-electron chi connectivity index (χ2n) is 5.92. The van der Waals surface area contributed by atoms with Crippen molar-refractivity contribution in [3.8, 4) is 0 Å². The van der Waals surface area contributed by atoms with Gasteiger partial charge in [-0.15, -0.1) is 11.8 Å². The highest BCUT2D eigenvalue weighted by Crippen LogP contribution is 2.20. The monoisotopic (exact) mass is 365 g/mol. The van der Waals surface area contributed by atoms with Crippen LogP contribution in [0.5, 0.6) is 0 Å². The van der Waals surface area contributed by atoms with Crippen molar-refractivity contribution in [2.75, 3.05) is 18.9 Å². The molecule has 1 aliphatic rings. The minimum Gasteiger partial charge on any atom is -0.456 e. The lowest BCUT2D eigenvalue weighted by atomic mass is 9.97. The normalized spacial score (nSPS) is 13.9. The maximum atomic E-state index is 12.8. The largest absolute Gasteiger partial charge is 0.456 e. The van der Waals surface area contributed by atoms with Crippen molar-refractivity contribution < 1.29 is 18.7 Å². The van der Waals surface area contributed by atoms with Crippen LogP contribution in [0.4, 0.5) is 4.39 Å². The van der Waals surface area contributed by atoms with Gasteiger partial charge in [0, 0.05) is 17.2 Å². The first-order chi connectivity index (χ1) is 12.1. The number of hydrogen-bond donors (Lipinski definition) is 1. The van der Waals surface area contributed by atoms with Gasteiger partial charge in [-0.05, 0) is 56.4 Å². The summed E-state index contributed by atoms with van der Waals surface area (Å²) >= 11 is 1.45. The Morgan fingerprint density at radius 2 is 2.00 bits per heavy atom. The molecule has 25 heavy (non-hydrogen) atoms. The summed E-state index contributed by atoms with van der Waals surface area (Å²) in [7, 11) is 0. The number of amides is 1. The number of carbonyl (C=O) groups excluding carboxylic acids is 2. The molecule has 0 atom stereocenters. The van der Waals surface area contributed by atoms with Crippen LogP contribution >= 0.6 is 11.8 Å². The second kappa shape index (κ2) is 10.9. The molecule has 1 N–H and O–H groups in total. The second-order valence-corrected chi connectivity index (χ2v) is 7.09. The third kappa shape index (κ3) is 8.20. The first kappa shape index (κ1) is 19.5. The van der Waals surface area contributed by atoms with Crippen molar-refractivity contribution in [2.45, 2.75) is 43.4 Å². The number of carbonyl (C=O) groups is 2. The molecule has 2 rings (SSSR count). The number of hydrogen-bond acceptors (Lipinski definition) is 4. The molecular weight excluding hydrogens is 341 g/mol. The number of nitrogens with one attached hydrogen (secondary N) is 1. The Balaban J connectivity index is 1.52. The molecule has 1 amide bonds. The van der Waals surface area contributed by atoms with Gasteiger partial charge in [0.25, 0.3) is 5.91 Å². The van der Waals surface area contributed by atoms with Crippen LogP contribution in [0.1, 0.15) is 38.5 Å². The van der Waals surface area contributed by atoms with E-state index in [1.54, 1.807) is 12.1 Å². The number of ether oxygens (including phenoxy) is 1. The van der Waals surface area contributed by atoms with Crippen LogP contribution in [0, 0.1) is 5.82 Å². The zero-order valence-corrected chi connectivity index (χ0v) is 15.1. The Labute approximate surface area is 152 Å². The lowest BCUT2D eigenvalue weighted by Gasteiger charge is -2.13. The molecule has 1 aliphatic carbocycles. The summed E-state index contributed by atoms with van der Waals surface area (Å²) in [6.45, 7) is 0.349. The molecule has 0 heterocycles. The summed E-state index contributed by atoms with van der Waals surface area (Å²) < 4.78 is 17.7. The molecule has 0 fully saturated rings. The Hall–Kier alpha value is -1.82. The minimum atomic E-state index is -0.403. The molecule has 1 aromatic rings. The predicted octanol–water partition coefficient (Wildman–Crippen LogP) is 3.86. The maximum Gasteiger partial charge on any atom is 0.307 e. The van der Waals surface area contributed by atoms with E-state index in [4.69, 9.17) is 4.74 Å². The van der Waals surface area contributed by atoms with Gasteiger partial charge in [-0.1, -0.05) is 11.6 Å². The SMILES string of the molecule is O=C(COC(=O)CCSc1ccc(F)cc1)NCCC1=CCCCC1. The molecule has 0 saturated carbocycles. The quantitative estimate of drug-likeness (QED) is 0.410. The number of benzene rings is 1. The Kier molecular flexibility index (Phi) is 8.52. The lowest BCUT2D eigenvalue weighted by Crippen LogP contribution is -2.29. The van der Waals surface area contributed by atoms with Crippen molar-refractivity contribution in [3.63, 3.8) is 0 Å².